The second-order valence-electron chi connectivity index (χ2n) is 5.77. The highest BCUT2D eigenvalue weighted by Crippen LogP contribution is 2.44. The van der Waals surface area contributed by atoms with Crippen molar-refractivity contribution in [2.75, 3.05) is 4.90 Å². The second kappa shape index (κ2) is 4.98. The fraction of sp³-hybridized carbons (Fsp3) is 0.222. The molecule has 4 heteroatoms. The van der Waals surface area contributed by atoms with Crippen molar-refractivity contribution in [3.05, 3.63) is 54.1 Å². The van der Waals surface area contributed by atoms with Gasteiger partial charge in [-0.25, -0.2) is 0 Å². The topological polar surface area (TPSA) is 40.6 Å². The predicted octanol–water partition coefficient (Wildman–Crippen LogP) is 2.78. The summed E-state index contributed by atoms with van der Waals surface area (Å²) < 4.78 is 0. The average Bonchev–Trinajstić information content (AvgIpc) is 2.87. The highest BCUT2D eigenvalue weighted by atomic mass is 16.2. The number of nitrogens with zero attached hydrogens (tertiary/aromatic N) is 2. The van der Waals surface area contributed by atoms with Crippen molar-refractivity contribution in [2.24, 2.45) is 0 Å². The van der Waals surface area contributed by atoms with Gasteiger partial charge in [0.25, 0.3) is 0 Å². The molecule has 0 bridgehead atoms. The van der Waals surface area contributed by atoms with E-state index in [0.717, 1.165) is 23.2 Å². The molecule has 1 unspecified atom stereocenters. The molecule has 1 fully saturated rings. The van der Waals surface area contributed by atoms with Crippen molar-refractivity contribution in [3.8, 4) is 11.1 Å². The molecule has 0 aromatic heterocycles. The van der Waals surface area contributed by atoms with Crippen molar-refractivity contribution in [1.29, 1.82) is 0 Å². The minimum atomic E-state index is -0.181. The lowest BCUT2D eigenvalue weighted by Gasteiger charge is -2.36. The molecular weight excluding hydrogens is 276 g/mol. The summed E-state index contributed by atoms with van der Waals surface area (Å²) in [6.07, 6.45) is 1.85. The predicted molar refractivity (Wildman–Crippen MR) is 84.0 cm³/mol. The number of hydrogen-bond donors (Lipinski definition) is 0. The quantitative estimate of drug-likeness (QED) is 0.678. The number of benzene rings is 2. The monoisotopic (exact) mass is 292 g/mol. The lowest BCUT2D eigenvalue weighted by molar-refractivity contribution is -0.129. The van der Waals surface area contributed by atoms with E-state index >= 15 is 0 Å². The molecule has 0 saturated carbocycles. The molecule has 1 aromatic carbocycles. The molecule has 1 atom stereocenters. The summed E-state index contributed by atoms with van der Waals surface area (Å²) in [6.45, 7) is 0.545. The van der Waals surface area contributed by atoms with E-state index in [1.54, 1.807) is 4.90 Å². The standard InChI is InChI=1S/C18H16N2O2/c21-12-20(16-10-14-6-7-15(14)16)17-8-9-18(22)19(17)11-13-4-2-1-3-5-13/h1-7,10,12,17H,8-9,11H2. The van der Waals surface area contributed by atoms with Gasteiger partial charge in [-0.2, -0.15) is 0 Å². The van der Waals surface area contributed by atoms with Gasteiger partial charge in [0.05, 0.1) is 5.69 Å². The van der Waals surface area contributed by atoms with Gasteiger partial charge in [-0.05, 0) is 23.6 Å². The van der Waals surface area contributed by atoms with Gasteiger partial charge in [-0.3, -0.25) is 14.5 Å². The first-order valence-corrected chi connectivity index (χ1v) is 7.49. The maximum absolute atomic E-state index is 12.2. The molecular formula is C18H16N2O2. The summed E-state index contributed by atoms with van der Waals surface area (Å²) in [6, 6.07) is 16.0. The van der Waals surface area contributed by atoms with Crippen LogP contribution in [0, 0.1) is 0 Å². The Morgan fingerprint density at radius 3 is 2.59 bits per heavy atom. The lowest BCUT2D eigenvalue weighted by Crippen LogP contribution is -2.46. The number of anilines is 1. The first kappa shape index (κ1) is 13.1. The maximum Gasteiger partial charge on any atom is 0.224 e. The zero-order valence-electron chi connectivity index (χ0n) is 12.1. The van der Waals surface area contributed by atoms with E-state index in [1.165, 1.54) is 5.56 Å². The second-order valence-corrected chi connectivity index (χ2v) is 5.77. The van der Waals surface area contributed by atoms with Crippen LogP contribution in [-0.2, 0) is 16.1 Å². The van der Waals surface area contributed by atoms with E-state index in [4.69, 9.17) is 0 Å². The summed E-state index contributed by atoms with van der Waals surface area (Å²) in [4.78, 5) is 27.4. The van der Waals surface area contributed by atoms with Crippen molar-refractivity contribution in [2.45, 2.75) is 25.6 Å². The third kappa shape index (κ3) is 1.91. The van der Waals surface area contributed by atoms with Gasteiger partial charge in [0.2, 0.25) is 12.3 Å². The number of amides is 2. The van der Waals surface area contributed by atoms with E-state index in [2.05, 4.69) is 0 Å². The van der Waals surface area contributed by atoms with Crippen LogP contribution in [0.1, 0.15) is 18.4 Å². The molecule has 2 amide bonds. The molecule has 0 spiro atoms. The highest BCUT2D eigenvalue weighted by Gasteiger charge is 2.37. The van der Waals surface area contributed by atoms with Crippen LogP contribution in [0.3, 0.4) is 0 Å². The maximum atomic E-state index is 12.2. The van der Waals surface area contributed by atoms with Crippen LogP contribution in [0.15, 0.2) is 48.5 Å². The Morgan fingerprint density at radius 2 is 2.00 bits per heavy atom. The Labute approximate surface area is 129 Å². The summed E-state index contributed by atoms with van der Waals surface area (Å²) in [7, 11) is 0. The first-order chi connectivity index (χ1) is 10.8. The molecule has 0 radical (unpaired) electrons. The molecule has 110 valence electrons. The van der Waals surface area contributed by atoms with Gasteiger partial charge in [0.15, 0.2) is 0 Å². The van der Waals surface area contributed by atoms with Crippen LogP contribution < -0.4 is 4.90 Å². The summed E-state index contributed by atoms with van der Waals surface area (Å²) in [5, 5.41) is 0. The van der Waals surface area contributed by atoms with Crippen molar-refractivity contribution < 1.29 is 9.59 Å². The van der Waals surface area contributed by atoms with Gasteiger partial charge in [0.1, 0.15) is 6.17 Å². The van der Waals surface area contributed by atoms with Gasteiger partial charge < -0.3 is 4.90 Å². The third-order valence-electron chi connectivity index (χ3n) is 4.51. The molecule has 22 heavy (non-hydrogen) atoms. The van der Waals surface area contributed by atoms with E-state index in [9.17, 15) is 9.59 Å². The normalized spacial score (nSPS) is 18.5. The highest BCUT2D eigenvalue weighted by molar-refractivity contribution is 5.98. The fourth-order valence-corrected chi connectivity index (χ4v) is 3.25. The summed E-state index contributed by atoms with van der Waals surface area (Å²) >= 11 is 0. The van der Waals surface area contributed by atoms with Gasteiger partial charge >= 0.3 is 0 Å². The summed E-state index contributed by atoms with van der Waals surface area (Å²) in [5.74, 6) is 0.110. The first-order valence-electron chi connectivity index (χ1n) is 7.49. The molecule has 1 aliphatic heterocycles. The van der Waals surface area contributed by atoms with Gasteiger partial charge in [0, 0.05) is 18.5 Å². The Hall–Kier alpha value is -2.62. The number of likely N-dealkylation sites (tertiary alicyclic amines) is 1. The molecule has 0 N–H and O–H groups in total. The fourth-order valence-electron chi connectivity index (χ4n) is 3.25. The minimum absolute atomic E-state index is 0.110. The van der Waals surface area contributed by atoms with Crippen LogP contribution in [0.25, 0.3) is 11.1 Å². The minimum Gasteiger partial charge on any atom is -0.317 e. The Kier molecular flexibility index (Phi) is 2.96. The van der Waals surface area contributed by atoms with E-state index < -0.39 is 0 Å². The zero-order chi connectivity index (χ0) is 15.1. The zero-order valence-corrected chi connectivity index (χ0v) is 12.1. The largest absolute Gasteiger partial charge is 0.317 e. The third-order valence-corrected chi connectivity index (χ3v) is 4.51. The number of hydrogen-bond acceptors (Lipinski definition) is 2. The molecule has 4 nitrogen and oxygen atoms in total. The van der Waals surface area contributed by atoms with Crippen LogP contribution in [0.4, 0.5) is 5.69 Å². The number of carbonyl (C=O) groups excluding carboxylic acids is 2. The Morgan fingerprint density at radius 1 is 1.18 bits per heavy atom. The van der Waals surface area contributed by atoms with Crippen LogP contribution >= 0.6 is 0 Å². The molecule has 1 saturated heterocycles. The molecule has 3 aliphatic rings. The Balaban J connectivity index is 1.60. The van der Waals surface area contributed by atoms with Gasteiger partial charge in [-0.1, -0.05) is 42.5 Å². The smallest absolute Gasteiger partial charge is 0.224 e. The number of rotatable bonds is 5. The van der Waals surface area contributed by atoms with Crippen LogP contribution in [0.2, 0.25) is 0 Å². The molecule has 4 rings (SSSR count). The van der Waals surface area contributed by atoms with Crippen molar-refractivity contribution >= 4 is 18.0 Å². The number of fused-ring (bicyclic) bond motifs is 1. The van der Waals surface area contributed by atoms with Crippen LogP contribution in [-0.4, -0.2) is 23.4 Å². The molecule has 2 aliphatic carbocycles. The van der Waals surface area contributed by atoms with Crippen molar-refractivity contribution in [3.63, 3.8) is 0 Å². The van der Waals surface area contributed by atoms with Gasteiger partial charge in [-0.15, -0.1) is 0 Å². The van der Waals surface area contributed by atoms with E-state index in [0.29, 0.717) is 19.4 Å². The molecule has 1 aromatic rings. The Bertz CT molecular complexity index is 742. The van der Waals surface area contributed by atoms with Crippen molar-refractivity contribution in [1.82, 2.24) is 4.90 Å². The lowest BCUT2D eigenvalue weighted by atomic mass is 9.90. The summed E-state index contributed by atoms with van der Waals surface area (Å²) in [5.41, 5.74) is 4.34. The SMILES string of the molecule is O=CN(c1cc2ccc1-2)C1CCC(=O)N1Cc1ccccc1. The number of carbonyl (C=O) groups is 2. The van der Waals surface area contributed by atoms with E-state index in [-0.39, 0.29) is 12.1 Å². The molecule has 1 heterocycles. The average molecular weight is 292 g/mol. The van der Waals surface area contributed by atoms with Crippen LogP contribution in [0.5, 0.6) is 0 Å². The van der Waals surface area contributed by atoms with E-state index in [1.807, 2.05) is 53.4 Å².